The highest BCUT2D eigenvalue weighted by molar-refractivity contribution is 5.72. The van der Waals surface area contributed by atoms with Crippen molar-refractivity contribution in [1.29, 1.82) is 0 Å². The van der Waals surface area contributed by atoms with E-state index >= 15 is 0 Å². The maximum absolute atomic E-state index is 12.7. The highest BCUT2D eigenvalue weighted by Gasteiger charge is 2.31. The Labute approximate surface area is 324 Å². The Bertz CT molecular complexity index is 1050. The number of nitrogens with zero attached hydrogens (tertiary/aromatic N) is 1. The van der Waals surface area contributed by atoms with Crippen LogP contribution < -0.4 is 0 Å². The van der Waals surface area contributed by atoms with Crippen LogP contribution >= 0.6 is 0 Å². The quantitative estimate of drug-likeness (QED) is 0.0295. The van der Waals surface area contributed by atoms with Crippen LogP contribution in [0.4, 0.5) is 0 Å². The third-order valence-corrected chi connectivity index (χ3v) is 8.93. The molecule has 0 saturated heterocycles. The maximum Gasteiger partial charge on any atom is 0.362 e. The van der Waals surface area contributed by atoms with Crippen LogP contribution in [0.15, 0.2) is 60.8 Å². The smallest absolute Gasteiger partial charge is 0.362 e. The molecule has 53 heavy (non-hydrogen) atoms. The number of hydrogen-bond donors (Lipinski definition) is 1. The highest BCUT2D eigenvalue weighted by Crippen LogP contribution is 2.13. The fraction of sp³-hybridized carbons (Fsp3) is 0.711. The number of esters is 2. The highest BCUT2D eigenvalue weighted by atomic mass is 16.6. The lowest BCUT2D eigenvalue weighted by Crippen LogP contribution is -2.50. The van der Waals surface area contributed by atoms with Crippen LogP contribution in [0.3, 0.4) is 0 Å². The van der Waals surface area contributed by atoms with Gasteiger partial charge in [-0.2, -0.15) is 0 Å². The molecule has 0 amide bonds. The number of hydrogen-bond acceptors (Lipinski definition) is 6. The van der Waals surface area contributed by atoms with E-state index in [-0.39, 0.29) is 42.7 Å². The van der Waals surface area contributed by atoms with Crippen LogP contribution in [-0.2, 0) is 28.6 Å². The van der Waals surface area contributed by atoms with E-state index in [9.17, 15) is 19.5 Å². The van der Waals surface area contributed by atoms with Crippen LogP contribution in [0.5, 0.6) is 0 Å². The summed E-state index contributed by atoms with van der Waals surface area (Å²) in [5.41, 5.74) is 0. The third-order valence-electron chi connectivity index (χ3n) is 8.93. The average molecular weight is 745 g/mol. The minimum atomic E-state index is -0.883. The fourth-order valence-corrected chi connectivity index (χ4v) is 5.70. The molecule has 0 aromatic carbocycles. The van der Waals surface area contributed by atoms with Gasteiger partial charge >= 0.3 is 17.9 Å². The normalized spacial score (nSPS) is 13.6. The number of allylic oxidation sites excluding steroid dienone is 10. The number of aliphatic carboxylic acids is 1. The van der Waals surface area contributed by atoms with Crippen molar-refractivity contribution in [2.45, 2.75) is 167 Å². The molecule has 0 aromatic heterocycles. The Balaban J connectivity index is 4.43. The number of ether oxygens (including phenoxy) is 3. The van der Waals surface area contributed by atoms with Gasteiger partial charge in [-0.1, -0.05) is 139 Å². The molecule has 1 N–H and O–H groups in total. The third kappa shape index (κ3) is 34.5. The zero-order chi connectivity index (χ0) is 39.3. The standard InChI is InChI=1S/C45H77NO7/c1-6-8-10-12-14-16-18-19-20-21-22-23-24-25-26-28-30-32-34-36-44(48)53-41(39-51-38-37-42(45(49)50)46(3,4)5)40-52-43(47)35-33-31-29-27-17-15-13-11-9-7-2/h8,10,14,16,19-20,22-23,25-26,41-42H,6-7,9,11-13,15,17-18,21,24,27-40H2,1-5H3/p+1/b10-8-,16-14-,20-19-,23-22-,26-25-. The number of likely N-dealkylation sites (N-methyl/N-ethyl adjacent to an activating group) is 1. The second-order valence-electron chi connectivity index (χ2n) is 14.9. The second-order valence-corrected chi connectivity index (χ2v) is 14.9. The Morgan fingerprint density at radius 3 is 1.57 bits per heavy atom. The van der Waals surface area contributed by atoms with Gasteiger partial charge < -0.3 is 23.8 Å². The number of quaternary nitrogens is 1. The molecule has 0 aromatic rings. The summed E-state index contributed by atoms with van der Waals surface area (Å²) in [6, 6.07) is -0.621. The molecule has 0 aliphatic rings. The van der Waals surface area contributed by atoms with Gasteiger partial charge in [0.2, 0.25) is 0 Å². The SMILES string of the molecule is CC/C=C\C/C=C\C/C=C\C/C=C\C/C=C\CCCCCC(=O)OC(COCCC(C(=O)O)[N+](C)(C)C)COC(=O)CCCCCCCCCCCC. The molecule has 8 heteroatoms. The summed E-state index contributed by atoms with van der Waals surface area (Å²) in [6.07, 6.45) is 42.6. The molecule has 0 bridgehead atoms. The summed E-state index contributed by atoms with van der Waals surface area (Å²) in [5, 5.41) is 9.60. The molecule has 0 radical (unpaired) electrons. The van der Waals surface area contributed by atoms with Crippen molar-refractivity contribution in [3.05, 3.63) is 60.8 Å². The van der Waals surface area contributed by atoms with Gasteiger partial charge in [-0.05, 0) is 57.8 Å². The Kier molecular flexibility index (Phi) is 34.0. The molecule has 0 aliphatic carbocycles. The van der Waals surface area contributed by atoms with Gasteiger partial charge in [0.05, 0.1) is 34.4 Å². The zero-order valence-electron chi connectivity index (χ0n) is 34.4. The molecule has 0 fully saturated rings. The molecular formula is C45H78NO7+. The van der Waals surface area contributed by atoms with E-state index in [2.05, 4.69) is 74.6 Å². The molecule has 2 atom stereocenters. The Hall–Kier alpha value is -2.97. The largest absolute Gasteiger partial charge is 0.477 e. The predicted molar refractivity (Wildman–Crippen MR) is 220 cm³/mol. The molecule has 304 valence electrons. The van der Waals surface area contributed by atoms with E-state index < -0.39 is 18.1 Å². The Morgan fingerprint density at radius 1 is 0.585 bits per heavy atom. The molecule has 0 heterocycles. The van der Waals surface area contributed by atoms with Crippen molar-refractivity contribution in [1.82, 2.24) is 0 Å². The van der Waals surface area contributed by atoms with Crippen LogP contribution in [0.1, 0.15) is 155 Å². The van der Waals surface area contributed by atoms with Crippen molar-refractivity contribution in [2.75, 3.05) is 41.0 Å². The first-order valence-corrected chi connectivity index (χ1v) is 20.8. The van der Waals surface area contributed by atoms with Crippen LogP contribution in [0.2, 0.25) is 0 Å². The first kappa shape index (κ1) is 50.0. The summed E-state index contributed by atoms with van der Waals surface area (Å²) < 4.78 is 17.2. The number of carboxylic acids is 1. The molecule has 0 saturated carbocycles. The van der Waals surface area contributed by atoms with Crippen molar-refractivity contribution in [2.24, 2.45) is 0 Å². The molecule has 0 spiro atoms. The summed E-state index contributed by atoms with van der Waals surface area (Å²) in [7, 11) is 5.50. The van der Waals surface area contributed by atoms with E-state index in [1.807, 2.05) is 21.1 Å². The molecular weight excluding hydrogens is 666 g/mol. The summed E-state index contributed by atoms with van der Waals surface area (Å²) in [6.45, 7) is 4.56. The zero-order valence-corrected chi connectivity index (χ0v) is 34.4. The second kappa shape index (κ2) is 36.0. The molecule has 2 unspecified atom stereocenters. The number of rotatable bonds is 36. The minimum Gasteiger partial charge on any atom is -0.477 e. The van der Waals surface area contributed by atoms with Gasteiger partial charge in [0, 0.05) is 19.3 Å². The summed E-state index contributed by atoms with van der Waals surface area (Å²) in [5.74, 6) is -1.52. The lowest BCUT2D eigenvalue weighted by atomic mass is 10.1. The van der Waals surface area contributed by atoms with Crippen molar-refractivity contribution in [3.8, 4) is 0 Å². The Morgan fingerprint density at radius 2 is 1.06 bits per heavy atom. The minimum absolute atomic E-state index is 0.0465. The van der Waals surface area contributed by atoms with Crippen molar-refractivity contribution < 1.29 is 38.2 Å². The topological polar surface area (TPSA) is 99.1 Å². The van der Waals surface area contributed by atoms with E-state index in [0.29, 0.717) is 12.8 Å². The fourth-order valence-electron chi connectivity index (χ4n) is 5.70. The molecule has 0 aliphatic heterocycles. The predicted octanol–water partition coefficient (Wildman–Crippen LogP) is 11.0. The van der Waals surface area contributed by atoms with E-state index in [0.717, 1.165) is 77.0 Å². The lowest BCUT2D eigenvalue weighted by molar-refractivity contribution is -0.887. The van der Waals surface area contributed by atoms with E-state index in [1.54, 1.807) is 0 Å². The number of carbonyl (C=O) groups excluding carboxylic acids is 2. The average Bonchev–Trinajstić information content (AvgIpc) is 3.11. The maximum atomic E-state index is 12.7. The van der Waals surface area contributed by atoms with Crippen LogP contribution in [0.25, 0.3) is 0 Å². The van der Waals surface area contributed by atoms with Gasteiger partial charge in [0.25, 0.3) is 0 Å². The van der Waals surface area contributed by atoms with Crippen molar-refractivity contribution >= 4 is 17.9 Å². The number of carbonyl (C=O) groups is 3. The number of unbranched alkanes of at least 4 members (excludes halogenated alkanes) is 12. The van der Waals surface area contributed by atoms with Gasteiger partial charge in [0.1, 0.15) is 6.61 Å². The van der Waals surface area contributed by atoms with Gasteiger partial charge in [-0.15, -0.1) is 0 Å². The monoisotopic (exact) mass is 745 g/mol. The van der Waals surface area contributed by atoms with E-state index in [4.69, 9.17) is 14.2 Å². The summed E-state index contributed by atoms with van der Waals surface area (Å²) in [4.78, 5) is 36.8. The first-order valence-electron chi connectivity index (χ1n) is 20.8. The number of carboxylic acid groups (broad SMARTS) is 1. The van der Waals surface area contributed by atoms with E-state index in [1.165, 1.54) is 44.9 Å². The first-order chi connectivity index (χ1) is 25.6. The van der Waals surface area contributed by atoms with Gasteiger partial charge in [-0.3, -0.25) is 9.59 Å². The molecule has 0 rings (SSSR count). The summed E-state index contributed by atoms with van der Waals surface area (Å²) >= 11 is 0. The van der Waals surface area contributed by atoms with Gasteiger partial charge in [-0.25, -0.2) is 4.79 Å². The van der Waals surface area contributed by atoms with Crippen molar-refractivity contribution in [3.63, 3.8) is 0 Å². The molecule has 8 nitrogen and oxygen atoms in total. The lowest BCUT2D eigenvalue weighted by Gasteiger charge is -2.31. The van der Waals surface area contributed by atoms with Crippen LogP contribution in [0, 0.1) is 0 Å². The van der Waals surface area contributed by atoms with Crippen LogP contribution in [-0.4, -0.2) is 80.6 Å². The van der Waals surface area contributed by atoms with Gasteiger partial charge in [0.15, 0.2) is 12.1 Å².